The van der Waals surface area contributed by atoms with Crippen molar-refractivity contribution in [2.75, 3.05) is 17.2 Å². The zero-order chi connectivity index (χ0) is 13.7. The molecule has 2 aromatic heterocycles. The Balaban J connectivity index is 2.13. The third-order valence-electron chi connectivity index (χ3n) is 2.84. The number of hydrogen-bond donors (Lipinski definition) is 2. The Morgan fingerprint density at radius 3 is 2.89 bits per heavy atom. The van der Waals surface area contributed by atoms with E-state index in [2.05, 4.69) is 34.6 Å². The van der Waals surface area contributed by atoms with Crippen LogP contribution in [0, 0.1) is 0 Å². The summed E-state index contributed by atoms with van der Waals surface area (Å²) in [5.74, 6) is 0.897. The molecule has 0 unspecified atom stereocenters. The largest absolute Gasteiger partial charge is 0.370 e. The van der Waals surface area contributed by atoms with Crippen molar-refractivity contribution in [2.45, 2.75) is 26.7 Å². The van der Waals surface area contributed by atoms with E-state index in [-0.39, 0.29) is 0 Å². The van der Waals surface area contributed by atoms with Crippen molar-refractivity contribution in [2.24, 2.45) is 7.05 Å². The Hall–Kier alpha value is -2.04. The molecule has 19 heavy (non-hydrogen) atoms. The minimum Gasteiger partial charge on any atom is -0.370 e. The van der Waals surface area contributed by atoms with Gasteiger partial charge in [0.25, 0.3) is 0 Å². The maximum Gasteiger partial charge on any atom is 0.127 e. The van der Waals surface area contributed by atoms with Crippen molar-refractivity contribution in [3.63, 3.8) is 0 Å². The molecule has 0 fully saturated rings. The second kappa shape index (κ2) is 6.22. The summed E-state index contributed by atoms with van der Waals surface area (Å²) in [6.07, 6.45) is 5.80. The van der Waals surface area contributed by atoms with Crippen LogP contribution in [-0.2, 0) is 13.5 Å². The van der Waals surface area contributed by atoms with E-state index in [4.69, 9.17) is 0 Å². The van der Waals surface area contributed by atoms with Gasteiger partial charge in [0, 0.05) is 37.7 Å². The van der Waals surface area contributed by atoms with Crippen LogP contribution in [0.4, 0.5) is 17.2 Å². The fraction of sp³-hybridized carbons (Fsp3) is 0.429. The standard InChI is InChI=1S/C14H21N5/c1-4-7-15-14-9-11(6-8-16-14)17-13-10-19(3)18-12(13)5-2/h6,8-10H,4-5,7H2,1-3H3,(H2,15,16,17). The third-order valence-corrected chi connectivity index (χ3v) is 2.84. The van der Waals surface area contributed by atoms with Gasteiger partial charge < -0.3 is 10.6 Å². The van der Waals surface area contributed by atoms with Crippen LogP contribution in [0.2, 0.25) is 0 Å². The summed E-state index contributed by atoms with van der Waals surface area (Å²) < 4.78 is 1.83. The molecular weight excluding hydrogens is 238 g/mol. The number of nitrogens with zero attached hydrogens (tertiary/aromatic N) is 3. The highest BCUT2D eigenvalue weighted by molar-refractivity contribution is 5.63. The summed E-state index contributed by atoms with van der Waals surface area (Å²) in [5.41, 5.74) is 3.15. The van der Waals surface area contributed by atoms with Crippen LogP contribution in [-0.4, -0.2) is 21.3 Å². The Morgan fingerprint density at radius 2 is 2.16 bits per heavy atom. The van der Waals surface area contributed by atoms with Crippen molar-refractivity contribution in [3.05, 3.63) is 30.2 Å². The van der Waals surface area contributed by atoms with Crippen LogP contribution in [0.15, 0.2) is 24.5 Å². The van der Waals surface area contributed by atoms with Gasteiger partial charge in [-0.15, -0.1) is 0 Å². The molecule has 0 bridgehead atoms. The van der Waals surface area contributed by atoms with Crippen LogP contribution >= 0.6 is 0 Å². The molecule has 0 atom stereocenters. The van der Waals surface area contributed by atoms with Gasteiger partial charge in [-0.25, -0.2) is 4.98 Å². The monoisotopic (exact) mass is 259 g/mol. The molecule has 0 aromatic carbocycles. The summed E-state index contributed by atoms with van der Waals surface area (Å²) in [6.45, 7) is 5.18. The lowest BCUT2D eigenvalue weighted by Gasteiger charge is -2.08. The van der Waals surface area contributed by atoms with Crippen LogP contribution in [0.5, 0.6) is 0 Å². The minimum atomic E-state index is 0.897. The maximum atomic E-state index is 4.42. The molecule has 0 saturated heterocycles. The first kappa shape index (κ1) is 13.4. The van der Waals surface area contributed by atoms with E-state index in [9.17, 15) is 0 Å². The lowest BCUT2D eigenvalue weighted by Crippen LogP contribution is -2.02. The number of hydrogen-bond acceptors (Lipinski definition) is 4. The highest BCUT2D eigenvalue weighted by Gasteiger charge is 2.06. The lowest BCUT2D eigenvalue weighted by atomic mass is 10.3. The molecule has 0 aliphatic heterocycles. The van der Waals surface area contributed by atoms with Gasteiger partial charge in [0.05, 0.1) is 11.4 Å². The van der Waals surface area contributed by atoms with Crippen molar-refractivity contribution >= 4 is 17.2 Å². The molecule has 0 spiro atoms. The average Bonchev–Trinajstić information content (AvgIpc) is 2.77. The van der Waals surface area contributed by atoms with Gasteiger partial charge in [-0.05, 0) is 18.9 Å². The molecule has 0 aliphatic carbocycles. The lowest BCUT2D eigenvalue weighted by molar-refractivity contribution is 0.746. The minimum absolute atomic E-state index is 0.897. The van der Waals surface area contributed by atoms with Gasteiger partial charge in [-0.2, -0.15) is 5.10 Å². The number of aryl methyl sites for hydroxylation is 2. The van der Waals surface area contributed by atoms with E-state index >= 15 is 0 Å². The zero-order valence-corrected chi connectivity index (χ0v) is 11.8. The fourth-order valence-corrected chi connectivity index (χ4v) is 1.91. The number of nitrogens with one attached hydrogen (secondary N) is 2. The number of anilines is 3. The zero-order valence-electron chi connectivity index (χ0n) is 11.8. The number of pyridine rings is 1. The smallest absolute Gasteiger partial charge is 0.127 e. The van der Waals surface area contributed by atoms with Crippen molar-refractivity contribution in [3.8, 4) is 0 Å². The van der Waals surface area contributed by atoms with Gasteiger partial charge in [0.15, 0.2) is 0 Å². The predicted octanol–water partition coefficient (Wildman–Crippen LogP) is 2.94. The van der Waals surface area contributed by atoms with E-state index < -0.39 is 0 Å². The molecule has 2 aromatic rings. The van der Waals surface area contributed by atoms with Crippen molar-refractivity contribution in [1.29, 1.82) is 0 Å². The Bertz CT molecular complexity index is 532. The molecule has 2 rings (SSSR count). The second-order valence-corrected chi connectivity index (χ2v) is 4.50. The van der Waals surface area contributed by atoms with Gasteiger partial charge in [0.1, 0.15) is 5.82 Å². The Kier molecular flexibility index (Phi) is 4.39. The first-order chi connectivity index (χ1) is 9.22. The highest BCUT2D eigenvalue weighted by atomic mass is 15.3. The fourth-order valence-electron chi connectivity index (χ4n) is 1.91. The molecule has 102 valence electrons. The first-order valence-electron chi connectivity index (χ1n) is 6.72. The van der Waals surface area contributed by atoms with E-state index in [1.807, 2.05) is 36.3 Å². The molecule has 0 aliphatic rings. The third kappa shape index (κ3) is 3.47. The van der Waals surface area contributed by atoms with Crippen LogP contribution < -0.4 is 10.6 Å². The van der Waals surface area contributed by atoms with Gasteiger partial charge in [-0.3, -0.25) is 4.68 Å². The molecule has 2 N–H and O–H groups in total. The summed E-state index contributed by atoms with van der Waals surface area (Å²) in [4.78, 5) is 4.29. The summed E-state index contributed by atoms with van der Waals surface area (Å²) in [7, 11) is 1.94. The van der Waals surface area contributed by atoms with E-state index in [0.717, 1.165) is 42.3 Å². The Morgan fingerprint density at radius 1 is 1.32 bits per heavy atom. The molecule has 5 nitrogen and oxygen atoms in total. The van der Waals surface area contributed by atoms with Crippen molar-refractivity contribution < 1.29 is 0 Å². The van der Waals surface area contributed by atoms with Gasteiger partial charge in [-0.1, -0.05) is 13.8 Å². The van der Waals surface area contributed by atoms with Gasteiger partial charge >= 0.3 is 0 Å². The normalized spacial score (nSPS) is 10.5. The van der Waals surface area contributed by atoms with E-state index in [0.29, 0.717) is 0 Å². The van der Waals surface area contributed by atoms with Gasteiger partial charge in [0.2, 0.25) is 0 Å². The summed E-state index contributed by atoms with van der Waals surface area (Å²) in [5, 5.41) is 11.1. The second-order valence-electron chi connectivity index (χ2n) is 4.50. The molecule has 2 heterocycles. The van der Waals surface area contributed by atoms with Crippen LogP contribution in [0.3, 0.4) is 0 Å². The van der Waals surface area contributed by atoms with Crippen molar-refractivity contribution in [1.82, 2.24) is 14.8 Å². The molecular formula is C14H21N5. The number of rotatable bonds is 6. The van der Waals surface area contributed by atoms with E-state index in [1.54, 1.807) is 0 Å². The highest BCUT2D eigenvalue weighted by Crippen LogP contribution is 2.21. The Labute approximate surface area is 114 Å². The topological polar surface area (TPSA) is 54.8 Å². The number of aromatic nitrogens is 3. The molecule has 0 saturated carbocycles. The molecule has 0 amide bonds. The molecule has 5 heteroatoms. The van der Waals surface area contributed by atoms with Crippen LogP contribution in [0.25, 0.3) is 0 Å². The first-order valence-corrected chi connectivity index (χ1v) is 6.72. The SMILES string of the molecule is CCCNc1cc(Nc2cn(C)nc2CC)ccn1. The molecule has 0 radical (unpaired) electrons. The summed E-state index contributed by atoms with van der Waals surface area (Å²) in [6, 6.07) is 3.98. The van der Waals surface area contributed by atoms with Crippen LogP contribution in [0.1, 0.15) is 26.0 Å². The quantitative estimate of drug-likeness (QED) is 0.837. The summed E-state index contributed by atoms with van der Waals surface area (Å²) >= 11 is 0. The predicted molar refractivity (Wildman–Crippen MR) is 78.9 cm³/mol. The maximum absolute atomic E-state index is 4.42. The van der Waals surface area contributed by atoms with E-state index in [1.165, 1.54) is 0 Å². The average molecular weight is 259 g/mol.